The van der Waals surface area contributed by atoms with E-state index in [4.69, 9.17) is 5.73 Å². The number of nitrogens with two attached hydrogens (primary N) is 1. The Bertz CT molecular complexity index is 336. The van der Waals surface area contributed by atoms with E-state index >= 15 is 0 Å². The van der Waals surface area contributed by atoms with Crippen LogP contribution < -0.4 is 10.6 Å². The first-order chi connectivity index (χ1) is 7.46. The van der Waals surface area contributed by atoms with Crippen LogP contribution in [0.4, 0.5) is 5.69 Å². The fraction of sp³-hybridized carbons (Fsp3) is 0.538. The molecule has 1 rings (SSSR count). The third-order valence-electron chi connectivity index (χ3n) is 2.75. The molecule has 2 N–H and O–H groups in total. The third kappa shape index (κ3) is 3.80. The van der Waals surface area contributed by atoms with Crippen molar-refractivity contribution in [3.8, 4) is 0 Å². The van der Waals surface area contributed by atoms with Crippen molar-refractivity contribution in [2.24, 2.45) is 11.1 Å². The molecule has 0 heterocycles. The van der Waals surface area contributed by atoms with Gasteiger partial charge in [0.2, 0.25) is 0 Å². The molecule has 16 heavy (non-hydrogen) atoms. The number of halogens is 1. The van der Waals surface area contributed by atoms with E-state index in [1.165, 1.54) is 5.69 Å². The van der Waals surface area contributed by atoms with Crippen molar-refractivity contribution >= 4 is 21.6 Å². The number of nitrogens with zero attached hydrogens (tertiary/aromatic N) is 1. The minimum absolute atomic E-state index is 0.249. The van der Waals surface area contributed by atoms with Crippen LogP contribution in [0, 0.1) is 5.41 Å². The topological polar surface area (TPSA) is 29.3 Å². The summed E-state index contributed by atoms with van der Waals surface area (Å²) in [5, 5.41) is 0. The summed E-state index contributed by atoms with van der Waals surface area (Å²) in [5.41, 5.74) is 7.11. The quantitative estimate of drug-likeness (QED) is 0.899. The first-order valence-corrected chi connectivity index (χ1v) is 6.41. The third-order valence-corrected chi connectivity index (χ3v) is 3.42. The largest absolute Gasteiger partial charge is 0.373 e. The highest BCUT2D eigenvalue weighted by Crippen LogP contribution is 2.28. The van der Waals surface area contributed by atoms with Gasteiger partial charge < -0.3 is 10.6 Å². The van der Waals surface area contributed by atoms with Gasteiger partial charge in [0.1, 0.15) is 0 Å². The molecule has 0 saturated heterocycles. The molecule has 3 heteroatoms. The number of para-hydroxylation sites is 1. The molecule has 0 bridgehead atoms. The maximum absolute atomic E-state index is 5.63. The number of hydrogen-bond donors (Lipinski definition) is 1. The number of hydrogen-bond acceptors (Lipinski definition) is 2. The molecular weight excluding hydrogens is 264 g/mol. The average molecular weight is 285 g/mol. The summed E-state index contributed by atoms with van der Waals surface area (Å²) < 4.78 is 1.14. The van der Waals surface area contributed by atoms with E-state index in [-0.39, 0.29) is 5.41 Å². The standard InChI is InChI=1S/C13H21BrN2/c1-13(2,8-9-15)10-16(3)12-7-5-4-6-11(12)14/h4-7H,8-10,15H2,1-3H3. The van der Waals surface area contributed by atoms with Gasteiger partial charge in [-0.15, -0.1) is 0 Å². The molecule has 0 radical (unpaired) electrons. The van der Waals surface area contributed by atoms with E-state index in [2.05, 4.69) is 59.9 Å². The van der Waals surface area contributed by atoms with Crippen LogP contribution in [0.1, 0.15) is 20.3 Å². The van der Waals surface area contributed by atoms with Crippen LogP contribution in [0.5, 0.6) is 0 Å². The number of benzene rings is 1. The fourth-order valence-electron chi connectivity index (χ4n) is 1.96. The normalized spacial score (nSPS) is 11.6. The van der Waals surface area contributed by atoms with Gasteiger partial charge in [-0.1, -0.05) is 26.0 Å². The van der Waals surface area contributed by atoms with Crippen LogP contribution in [0.25, 0.3) is 0 Å². The summed E-state index contributed by atoms with van der Waals surface area (Å²) in [4.78, 5) is 2.28. The molecule has 2 nitrogen and oxygen atoms in total. The molecule has 1 aromatic rings. The van der Waals surface area contributed by atoms with E-state index < -0.39 is 0 Å². The summed E-state index contributed by atoms with van der Waals surface area (Å²) >= 11 is 3.58. The molecule has 0 aliphatic rings. The molecular formula is C13H21BrN2. The Labute approximate surface area is 107 Å². The van der Waals surface area contributed by atoms with Gasteiger partial charge in [-0.25, -0.2) is 0 Å². The van der Waals surface area contributed by atoms with Crippen LogP contribution in [0.3, 0.4) is 0 Å². The van der Waals surface area contributed by atoms with Gasteiger partial charge in [-0.2, -0.15) is 0 Å². The van der Waals surface area contributed by atoms with E-state index in [1.54, 1.807) is 0 Å². The summed E-state index contributed by atoms with van der Waals surface area (Å²) in [5.74, 6) is 0. The minimum atomic E-state index is 0.249. The highest BCUT2D eigenvalue weighted by molar-refractivity contribution is 9.10. The van der Waals surface area contributed by atoms with Gasteiger partial charge in [0.05, 0.1) is 5.69 Å². The highest BCUT2D eigenvalue weighted by atomic mass is 79.9. The predicted octanol–water partition coefficient (Wildman–Crippen LogP) is 3.26. The first kappa shape index (κ1) is 13.5. The van der Waals surface area contributed by atoms with Crippen molar-refractivity contribution < 1.29 is 0 Å². The molecule has 0 aliphatic heterocycles. The zero-order valence-corrected chi connectivity index (χ0v) is 11.9. The molecule has 0 fully saturated rings. The van der Waals surface area contributed by atoms with E-state index in [0.717, 1.165) is 24.0 Å². The van der Waals surface area contributed by atoms with Crippen LogP contribution >= 0.6 is 15.9 Å². The van der Waals surface area contributed by atoms with Crippen molar-refractivity contribution in [1.29, 1.82) is 0 Å². The van der Waals surface area contributed by atoms with Crippen molar-refractivity contribution in [2.45, 2.75) is 20.3 Å². The smallest absolute Gasteiger partial charge is 0.0508 e. The summed E-state index contributed by atoms with van der Waals surface area (Å²) in [6.45, 7) is 6.27. The second-order valence-electron chi connectivity index (χ2n) is 5.01. The molecule has 90 valence electrons. The summed E-state index contributed by atoms with van der Waals surface area (Å²) in [6.07, 6.45) is 1.04. The Morgan fingerprint density at radius 1 is 1.31 bits per heavy atom. The van der Waals surface area contributed by atoms with E-state index in [1.807, 2.05) is 6.07 Å². The van der Waals surface area contributed by atoms with Crippen molar-refractivity contribution in [1.82, 2.24) is 0 Å². The number of rotatable bonds is 5. The van der Waals surface area contributed by atoms with Gasteiger partial charge in [0.15, 0.2) is 0 Å². The molecule has 1 aromatic carbocycles. The molecule has 0 spiro atoms. The minimum Gasteiger partial charge on any atom is -0.373 e. The Kier molecular flexibility index (Phi) is 4.81. The maximum atomic E-state index is 5.63. The first-order valence-electron chi connectivity index (χ1n) is 5.62. The zero-order chi connectivity index (χ0) is 12.2. The molecule has 0 amide bonds. The van der Waals surface area contributed by atoms with Gasteiger partial charge in [-0.3, -0.25) is 0 Å². The lowest BCUT2D eigenvalue weighted by Crippen LogP contribution is -2.33. The van der Waals surface area contributed by atoms with Crippen LogP contribution in [-0.2, 0) is 0 Å². The second-order valence-corrected chi connectivity index (χ2v) is 5.86. The van der Waals surface area contributed by atoms with Crippen molar-refractivity contribution in [3.05, 3.63) is 28.7 Å². The van der Waals surface area contributed by atoms with Gasteiger partial charge in [0.25, 0.3) is 0 Å². The fourth-order valence-corrected chi connectivity index (χ4v) is 2.55. The van der Waals surface area contributed by atoms with Crippen LogP contribution in [0.2, 0.25) is 0 Å². The Morgan fingerprint density at radius 3 is 2.50 bits per heavy atom. The molecule has 0 atom stereocenters. The summed E-state index contributed by atoms with van der Waals surface area (Å²) in [7, 11) is 2.12. The van der Waals surface area contributed by atoms with Crippen LogP contribution in [-0.4, -0.2) is 20.1 Å². The SMILES string of the molecule is CN(CC(C)(C)CCN)c1ccccc1Br. The Hall–Kier alpha value is -0.540. The predicted molar refractivity (Wildman–Crippen MR) is 74.9 cm³/mol. The van der Waals surface area contributed by atoms with Crippen molar-refractivity contribution in [3.63, 3.8) is 0 Å². The monoisotopic (exact) mass is 284 g/mol. The molecule has 0 unspecified atom stereocenters. The lowest BCUT2D eigenvalue weighted by Gasteiger charge is -2.31. The molecule has 0 aromatic heterocycles. The van der Waals surface area contributed by atoms with Crippen molar-refractivity contribution in [2.75, 3.05) is 25.0 Å². The Balaban J connectivity index is 2.72. The van der Waals surface area contributed by atoms with E-state index in [9.17, 15) is 0 Å². The van der Waals surface area contributed by atoms with Gasteiger partial charge in [-0.05, 0) is 46.4 Å². The van der Waals surface area contributed by atoms with Gasteiger partial charge in [0, 0.05) is 18.1 Å². The average Bonchev–Trinajstić information content (AvgIpc) is 2.17. The molecule has 0 aliphatic carbocycles. The Morgan fingerprint density at radius 2 is 1.94 bits per heavy atom. The van der Waals surface area contributed by atoms with Gasteiger partial charge >= 0.3 is 0 Å². The zero-order valence-electron chi connectivity index (χ0n) is 10.3. The molecule has 0 saturated carbocycles. The second kappa shape index (κ2) is 5.69. The lowest BCUT2D eigenvalue weighted by molar-refractivity contribution is 0.347. The van der Waals surface area contributed by atoms with Crippen LogP contribution in [0.15, 0.2) is 28.7 Å². The summed E-state index contributed by atoms with van der Waals surface area (Å²) in [6, 6.07) is 8.29. The lowest BCUT2D eigenvalue weighted by atomic mass is 9.89. The highest BCUT2D eigenvalue weighted by Gasteiger charge is 2.20. The van der Waals surface area contributed by atoms with E-state index in [0.29, 0.717) is 0 Å². The maximum Gasteiger partial charge on any atom is 0.0508 e. The number of anilines is 1.